The maximum Gasteiger partial charge on any atom is 0.357 e. The molecule has 4 rings (SSSR count). The molecular formula is C26H23IN2O6. The summed E-state index contributed by atoms with van der Waals surface area (Å²) >= 11 is 2.11. The molecule has 35 heavy (non-hydrogen) atoms. The molecule has 0 bridgehead atoms. The Hall–Kier alpha value is -3.60. The van der Waals surface area contributed by atoms with E-state index < -0.39 is 5.97 Å². The number of ether oxygens (including phenoxy) is 5. The molecule has 180 valence electrons. The first-order valence-electron chi connectivity index (χ1n) is 10.5. The molecule has 0 saturated heterocycles. The maximum absolute atomic E-state index is 12.8. The molecular weight excluding hydrogens is 563 g/mol. The van der Waals surface area contributed by atoms with Gasteiger partial charge in [0.15, 0.2) is 17.2 Å². The number of rotatable bonds is 8. The van der Waals surface area contributed by atoms with Crippen LogP contribution in [0.15, 0.2) is 54.7 Å². The first-order chi connectivity index (χ1) is 17.0. The molecule has 0 saturated carbocycles. The van der Waals surface area contributed by atoms with Crippen molar-refractivity contribution in [2.24, 2.45) is 0 Å². The third kappa shape index (κ3) is 4.95. The van der Waals surface area contributed by atoms with Crippen molar-refractivity contribution in [3.8, 4) is 34.1 Å². The third-order valence-electron chi connectivity index (χ3n) is 5.37. The zero-order chi connectivity index (χ0) is 24.9. The summed E-state index contributed by atoms with van der Waals surface area (Å²) in [5, 5.41) is 1.62. The van der Waals surface area contributed by atoms with Crippen molar-refractivity contribution < 1.29 is 28.5 Å². The van der Waals surface area contributed by atoms with Gasteiger partial charge < -0.3 is 23.7 Å². The van der Waals surface area contributed by atoms with Gasteiger partial charge in [0, 0.05) is 17.1 Å². The number of hydrogen-bond acceptors (Lipinski definition) is 8. The smallest absolute Gasteiger partial charge is 0.357 e. The highest BCUT2D eigenvalue weighted by molar-refractivity contribution is 14.1. The minimum Gasteiger partial charge on any atom is -0.493 e. The van der Waals surface area contributed by atoms with Crippen LogP contribution in [0, 0.1) is 3.70 Å². The van der Waals surface area contributed by atoms with E-state index in [1.165, 1.54) is 28.4 Å². The molecule has 9 heteroatoms. The molecule has 0 atom stereocenters. The Morgan fingerprint density at radius 3 is 2.26 bits per heavy atom. The van der Waals surface area contributed by atoms with E-state index in [0.717, 1.165) is 16.5 Å². The third-order valence-corrected chi connectivity index (χ3v) is 6.20. The number of hydrogen-bond donors (Lipinski definition) is 0. The van der Waals surface area contributed by atoms with Gasteiger partial charge in [-0.3, -0.25) is 4.98 Å². The topological polar surface area (TPSA) is 89.0 Å². The Balaban J connectivity index is 1.89. The first kappa shape index (κ1) is 24.5. The van der Waals surface area contributed by atoms with Gasteiger partial charge in [-0.15, -0.1) is 0 Å². The summed E-state index contributed by atoms with van der Waals surface area (Å²) in [6.45, 7) is 0.330. The first-order valence-corrected chi connectivity index (χ1v) is 11.6. The zero-order valence-corrected chi connectivity index (χ0v) is 21.8. The number of halogens is 1. The molecule has 0 fully saturated rings. The van der Waals surface area contributed by atoms with Crippen LogP contribution >= 0.6 is 22.6 Å². The Bertz CT molecular complexity index is 1350. The molecule has 0 spiro atoms. The SMILES string of the molecule is COC(=O)c1nc(I)c2cc(OCc3ccccn3)ccc2c1-c1cc(OC)c(OC)c(OC)c1. The number of pyridine rings is 2. The highest BCUT2D eigenvalue weighted by atomic mass is 127. The number of esters is 1. The predicted molar refractivity (Wildman–Crippen MR) is 139 cm³/mol. The number of aromatic nitrogens is 2. The second-order valence-electron chi connectivity index (χ2n) is 7.35. The van der Waals surface area contributed by atoms with Gasteiger partial charge in [0.05, 0.1) is 34.1 Å². The molecule has 8 nitrogen and oxygen atoms in total. The Labute approximate surface area is 216 Å². The van der Waals surface area contributed by atoms with Crippen molar-refractivity contribution in [3.63, 3.8) is 0 Å². The van der Waals surface area contributed by atoms with Crippen molar-refractivity contribution in [2.75, 3.05) is 28.4 Å². The molecule has 0 N–H and O–H groups in total. The lowest BCUT2D eigenvalue weighted by molar-refractivity contribution is 0.0595. The molecule has 4 aromatic rings. The van der Waals surface area contributed by atoms with E-state index in [1.807, 2.05) is 36.4 Å². The normalized spacial score (nSPS) is 10.7. The van der Waals surface area contributed by atoms with Gasteiger partial charge in [0.25, 0.3) is 0 Å². The lowest BCUT2D eigenvalue weighted by Crippen LogP contribution is -2.09. The number of methoxy groups -OCH3 is 4. The van der Waals surface area contributed by atoms with Crippen LogP contribution in [-0.4, -0.2) is 44.4 Å². The minimum atomic E-state index is -0.552. The summed E-state index contributed by atoms with van der Waals surface area (Å²) in [7, 11) is 5.94. The van der Waals surface area contributed by atoms with Crippen LogP contribution in [0.1, 0.15) is 16.2 Å². The molecule has 2 aromatic carbocycles. The average Bonchev–Trinajstić information content (AvgIpc) is 2.91. The highest BCUT2D eigenvalue weighted by Crippen LogP contribution is 2.44. The lowest BCUT2D eigenvalue weighted by atomic mass is 9.96. The summed E-state index contributed by atoms with van der Waals surface area (Å²) in [6, 6.07) is 14.9. The Kier molecular flexibility index (Phi) is 7.54. The fourth-order valence-electron chi connectivity index (χ4n) is 3.75. The van der Waals surface area contributed by atoms with E-state index >= 15 is 0 Å². The van der Waals surface area contributed by atoms with E-state index in [4.69, 9.17) is 23.7 Å². The second kappa shape index (κ2) is 10.8. The van der Waals surface area contributed by atoms with E-state index in [2.05, 4.69) is 32.6 Å². The van der Waals surface area contributed by atoms with Gasteiger partial charge in [-0.1, -0.05) is 6.07 Å². The van der Waals surface area contributed by atoms with Gasteiger partial charge in [-0.05, 0) is 76.0 Å². The van der Waals surface area contributed by atoms with E-state index in [9.17, 15) is 4.79 Å². The van der Waals surface area contributed by atoms with Crippen molar-refractivity contribution in [1.82, 2.24) is 9.97 Å². The molecule has 0 aliphatic heterocycles. The number of nitrogens with zero attached hydrogens (tertiary/aromatic N) is 2. The lowest BCUT2D eigenvalue weighted by Gasteiger charge is -2.17. The summed E-state index contributed by atoms with van der Waals surface area (Å²) < 4.78 is 28.2. The van der Waals surface area contributed by atoms with Crippen LogP contribution in [0.25, 0.3) is 21.9 Å². The molecule has 0 radical (unpaired) electrons. The highest BCUT2D eigenvalue weighted by Gasteiger charge is 2.24. The van der Waals surface area contributed by atoms with Gasteiger partial charge in [0.2, 0.25) is 5.75 Å². The van der Waals surface area contributed by atoms with Crippen molar-refractivity contribution in [2.45, 2.75) is 6.61 Å². The summed E-state index contributed by atoms with van der Waals surface area (Å²) in [4.78, 5) is 21.6. The van der Waals surface area contributed by atoms with Gasteiger partial charge in [-0.2, -0.15) is 0 Å². The Morgan fingerprint density at radius 1 is 0.914 bits per heavy atom. The predicted octanol–water partition coefficient (Wildman–Crippen LogP) is 5.29. The van der Waals surface area contributed by atoms with Gasteiger partial charge in [-0.25, -0.2) is 9.78 Å². The largest absolute Gasteiger partial charge is 0.493 e. The van der Waals surface area contributed by atoms with Crippen molar-refractivity contribution >= 4 is 39.3 Å². The summed E-state index contributed by atoms with van der Waals surface area (Å²) in [5.74, 6) is 1.47. The fourth-order valence-corrected chi connectivity index (χ4v) is 4.43. The maximum atomic E-state index is 12.8. The fraction of sp³-hybridized carbons (Fsp3) is 0.192. The van der Waals surface area contributed by atoms with Crippen LogP contribution in [0.4, 0.5) is 0 Å². The van der Waals surface area contributed by atoms with Crippen LogP contribution in [-0.2, 0) is 11.3 Å². The van der Waals surface area contributed by atoms with Crippen molar-refractivity contribution in [1.29, 1.82) is 0 Å². The molecule has 2 aromatic heterocycles. The number of benzene rings is 2. The Morgan fingerprint density at radius 2 is 1.66 bits per heavy atom. The number of carbonyl (C=O) groups is 1. The van der Waals surface area contributed by atoms with Crippen LogP contribution in [0.3, 0.4) is 0 Å². The van der Waals surface area contributed by atoms with Crippen molar-refractivity contribution in [3.05, 3.63) is 69.8 Å². The quantitative estimate of drug-likeness (QED) is 0.156. The van der Waals surface area contributed by atoms with Gasteiger partial charge >= 0.3 is 5.97 Å². The summed E-state index contributed by atoms with van der Waals surface area (Å²) in [6.07, 6.45) is 1.73. The standard InChI is InChI=1S/C26H23IN2O6/c1-31-20-11-15(12-21(32-2)24(20)33-3)22-18-9-8-17(35-14-16-7-5-6-10-28-16)13-19(18)25(27)29-23(22)26(30)34-4/h5-13H,14H2,1-4H3. The molecule has 0 aliphatic carbocycles. The summed E-state index contributed by atoms with van der Waals surface area (Å²) in [5.41, 5.74) is 2.25. The molecule has 0 amide bonds. The van der Waals surface area contributed by atoms with E-state index in [1.54, 1.807) is 18.3 Å². The van der Waals surface area contributed by atoms with Crippen LogP contribution in [0.2, 0.25) is 0 Å². The molecule has 0 unspecified atom stereocenters. The minimum absolute atomic E-state index is 0.181. The second-order valence-corrected chi connectivity index (χ2v) is 8.37. The van der Waals surface area contributed by atoms with E-state index in [0.29, 0.717) is 44.4 Å². The van der Waals surface area contributed by atoms with Crippen LogP contribution < -0.4 is 18.9 Å². The monoisotopic (exact) mass is 586 g/mol. The van der Waals surface area contributed by atoms with E-state index in [-0.39, 0.29) is 5.69 Å². The number of carbonyl (C=O) groups excluding carboxylic acids is 1. The van der Waals surface area contributed by atoms with Gasteiger partial charge in [0.1, 0.15) is 16.1 Å². The molecule has 0 aliphatic rings. The zero-order valence-electron chi connectivity index (χ0n) is 19.6. The molecule has 2 heterocycles. The number of fused-ring (bicyclic) bond motifs is 1. The van der Waals surface area contributed by atoms with Crippen LogP contribution in [0.5, 0.6) is 23.0 Å². The average molecular weight is 586 g/mol.